The maximum absolute atomic E-state index is 13.3. The van der Waals surface area contributed by atoms with Gasteiger partial charge in [-0.1, -0.05) is 0 Å². The number of hydrogen-bond donors (Lipinski definition) is 0. The molecule has 0 aromatic carbocycles. The average molecular weight is 349 g/mol. The molecule has 0 bridgehead atoms. The van der Waals surface area contributed by atoms with E-state index < -0.39 is 5.92 Å². The van der Waals surface area contributed by atoms with E-state index in [9.17, 15) is 13.6 Å². The fourth-order valence-corrected chi connectivity index (χ4v) is 3.68. The Morgan fingerprint density at radius 2 is 2.00 bits per heavy atom. The molecule has 2 aromatic rings. The number of halogens is 2. The van der Waals surface area contributed by atoms with Gasteiger partial charge in [-0.2, -0.15) is 5.10 Å². The molecule has 1 unspecified atom stereocenters. The van der Waals surface area contributed by atoms with Gasteiger partial charge in [-0.25, -0.2) is 18.3 Å². The van der Waals surface area contributed by atoms with Gasteiger partial charge in [0.1, 0.15) is 5.82 Å². The number of aromatic nitrogens is 3. The van der Waals surface area contributed by atoms with Crippen LogP contribution < -0.4 is 4.90 Å². The van der Waals surface area contributed by atoms with E-state index in [1.807, 2.05) is 18.3 Å². The zero-order chi connectivity index (χ0) is 17.4. The molecule has 1 amide bonds. The average Bonchev–Trinajstić information content (AvgIpc) is 3.09. The lowest BCUT2D eigenvalue weighted by atomic mass is 9.95. The molecule has 4 rings (SSSR count). The van der Waals surface area contributed by atoms with Gasteiger partial charge < -0.3 is 9.80 Å². The van der Waals surface area contributed by atoms with E-state index in [-0.39, 0.29) is 37.8 Å². The summed E-state index contributed by atoms with van der Waals surface area (Å²) in [4.78, 5) is 21.0. The van der Waals surface area contributed by atoms with Crippen LogP contribution in [0.3, 0.4) is 0 Å². The summed E-state index contributed by atoms with van der Waals surface area (Å²) in [5.74, 6) is -1.94. The third kappa shape index (κ3) is 3.29. The summed E-state index contributed by atoms with van der Waals surface area (Å²) in [6.07, 6.45) is 4.80. The second kappa shape index (κ2) is 6.24. The lowest BCUT2D eigenvalue weighted by molar-refractivity contribution is -0.141. The van der Waals surface area contributed by atoms with Crippen molar-refractivity contribution in [2.45, 2.75) is 31.6 Å². The summed E-state index contributed by atoms with van der Waals surface area (Å²) >= 11 is 0. The number of likely N-dealkylation sites (tertiary alicyclic amines) is 1. The van der Waals surface area contributed by atoms with E-state index >= 15 is 0 Å². The highest BCUT2D eigenvalue weighted by Crippen LogP contribution is 2.30. The first kappa shape index (κ1) is 16.2. The number of carbonyl (C=O) groups is 1. The highest BCUT2D eigenvalue weighted by atomic mass is 19.3. The predicted molar refractivity (Wildman–Crippen MR) is 88.7 cm³/mol. The Labute approximate surface area is 144 Å². The van der Waals surface area contributed by atoms with Crippen molar-refractivity contribution in [3.05, 3.63) is 24.5 Å². The first-order chi connectivity index (χ1) is 12.0. The zero-order valence-electron chi connectivity index (χ0n) is 13.9. The molecular weight excluding hydrogens is 328 g/mol. The number of amides is 1. The van der Waals surface area contributed by atoms with Crippen LogP contribution in [0.1, 0.15) is 25.7 Å². The van der Waals surface area contributed by atoms with Gasteiger partial charge in [0.15, 0.2) is 5.65 Å². The summed E-state index contributed by atoms with van der Waals surface area (Å²) in [6.45, 7) is 1.74. The van der Waals surface area contributed by atoms with Gasteiger partial charge in [0.2, 0.25) is 5.91 Å². The lowest BCUT2D eigenvalue weighted by Gasteiger charge is -2.38. The van der Waals surface area contributed by atoms with Crippen molar-refractivity contribution in [2.24, 2.45) is 5.92 Å². The molecule has 25 heavy (non-hydrogen) atoms. The van der Waals surface area contributed by atoms with Crippen LogP contribution in [-0.2, 0) is 4.79 Å². The summed E-state index contributed by atoms with van der Waals surface area (Å²) < 4.78 is 28.3. The van der Waals surface area contributed by atoms with Crippen molar-refractivity contribution in [3.8, 4) is 0 Å². The SMILES string of the molecule is O=C(C1CCCN(c2ccn3nccc3n2)C1)N1CCC(F)(F)CC1. The molecule has 2 fully saturated rings. The minimum Gasteiger partial charge on any atom is -0.356 e. The molecule has 0 spiro atoms. The Kier molecular flexibility index (Phi) is 4.05. The van der Waals surface area contributed by atoms with Crippen LogP contribution in [-0.4, -0.2) is 57.5 Å². The molecule has 0 aliphatic carbocycles. The van der Waals surface area contributed by atoms with Crippen LogP contribution in [0.2, 0.25) is 0 Å². The Hall–Kier alpha value is -2.25. The van der Waals surface area contributed by atoms with E-state index in [1.165, 1.54) is 0 Å². The third-order valence-electron chi connectivity index (χ3n) is 5.14. The molecule has 2 aromatic heterocycles. The van der Waals surface area contributed by atoms with Crippen LogP contribution in [0.15, 0.2) is 24.5 Å². The Morgan fingerprint density at radius 3 is 2.80 bits per heavy atom. The van der Waals surface area contributed by atoms with Crippen LogP contribution in [0.5, 0.6) is 0 Å². The molecule has 134 valence electrons. The molecule has 0 radical (unpaired) electrons. The second-order valence-electron chi connectivity index (χ2n) is 6.89. The summed E-state index contributed by atoms with van der Waals surface area (Å²) in [5.41, 5.74) is 0.768. The van der Waals surface area contributed by atoms with Crippen molar-refractivity contribution in [3.63, 3.8) is 0 Å². The fourth-order valence-electron chi connectivity index (χ4n) is 3.68. The van der Waals surface area contributed by atoms with E-state index in [1.54, 1.807) is 15.6 Å². The standard InChI is InChI=1S/C17H21F2N5O/c18-17(19)5-10-22(11-6-17)16(25)13-2-1-8-23(12-13)14-4-9-24-15(21-14)3-7-20-24/h3-4,7,9,13H,1-2,5-6,8,10-12H2. The Morgan fingerprint density at radius 1 is 1.20 bits per heavy atom. The number of carbonyl (C=O) groups excluding carboxylic acids is 1. The van der Waals surface area contributed by atoms with Crippen molar-refractivity contribution < 1.29 is 13.6 Å². The monoisotopic (exact) mass is 349 g/mol. The minimum atomic E-state index is -2.63. The van der Waals surface area contributed by atoms with Gasteiger partial charge in [0, 0.05) is 51.3 Å². The maximum Gasteiger partial charge on any atom is 0.251 e. The maximum atomic E-state index is 13.3. The van der Waals surface area contributed by atoms with E-state index in [4.69, 9.17) is 0 Å². The van der Waals surface area contributed by atoms with Crippen molar-refractivity contribution in [1.29, 1.82) is 0 Å². The highest BCUT2D eigenvalue weighted by molar-refractivity contribution is 5.80. The van der Waals surface area contributed by atoms with Gasteiger partial charge >= 0.3 is 0 Å². The molecule has 6 nitrogen and oxygen atoms in total. The Bertz CT molecular complexity index is 767. The number of fused-ring (bicyclic) bond motifs is 1. The van der Waals surface area contributed by atoms with Crippen molar-refractivity contribution >= 4 is 17.4 Å². The van der Waals surface area contributed by atoms with Crippen LogP contribution >= 0.6 is 0 Å². The molecular formula is C17H21F2N5O. The summed E-state index contributed by atoms with van der Waals surface area (Å²) in [5, 5.41) is 4.13. The third-order valence-corrected chi connectivity index (χ3v) is 5.14. The van der Waals surface area contributed by atoms with Crippen molar-refractivity contribution in [2.75, 3.05) is 31.1 Å². The van der Waals surface area contributed by atoms with Gasteiger partial charge in [0.05, 0.1) is 12.1 Å². The molecule has 0 saturated carbocycles. The van der Waals surface area contributed by atoms with Gasteiger partial charge in [0.25, 0.3) is 5.92 Å². The molecule has 2 aliphatic rings. The number of rotatable bonds is 2. The van der Waals surface area contributed by atoms with Crippen LogP contribution in [0, 0.1) is 5.92 Å². The molecule has 1 atom stereocenters. The fraction of sp³-hybridized carbons (Fsp3) is 0.588. The van der Waals surface area contributed by atoms with Gasteiger partial charge in [-0.05, 0) is 18.9 Å². The van der Waals surface area contributed by atoms with Crippen molar-refractivity contribution in [1.82, 2.24) is 19.5 Å². The number of anilines is 1. The summed E-state index contributed by atoms with van der Waals surface area (Å²) in [7, 11) is 0. The molecule has 2 aliphatic heterocycles. The Balaban J connectivity index is 1.44. The lowest BCUT2D eigenvalue weighted by Crippen LogP contribution is -2.49. The number of alkyl halides is 2. The molecule has 2 saturated heterocycles. The molecule has 4 heterocycles. The van der Waals surface area contributed by atoms with E-state index in [2.05, 4.69) is 15.0 Å². The van der Waals surface area contributed by atoms with Crippen LogP contribution in [0.4, 0.5) is 14.6 Å². The zero-order valence-corrected chi connectivity index (χ0v) is 13.9. The topological polar surface area (TPSA) is 53.7 Å². The van der Waals surface area contributed by atoms with Crippen LogP contribution in [0.25, 0.3) is 5.65 Å². The molecule has 8 heteroatoms. The first-order valence-electron chi connectivity index (χ1n) is 8.74. The van der Waals surface area contributed by atoms with Gasteiger partial charge in [-0.3, -0.25) is 4.79 Å². The number of hydrogen-bond acceptors (Lipinski definition) is 4. The largest absolute Gasteiger partial charge is 0.356 e. The van der Waals surface area contributed by atoms with E-state index in [0.29, 0.717) is 6.54 Å². The normalized spacial score (nSPS) is 23.8. The quantitative estimate of drug-likeness (QED) is 0.834. The number of nitrogens with zero attached hydrogens (tertiary/aromatic N) is 5. The highest BCUT2D eigenvalue weighted by Gasteiger charge is 2.38. The smallest absolute Gasteiger partial charge is 0.251 e. The first-order valence-corrected chi connectivity index (χ1v) is 8.74. The second-order valence-corrected chi connectivity index (χ2v) is 6.89. The summed E-state index contributed by atoms with van der Waals surface area (Å²) in [6, 6.07) is 3.73. The molecule has 0 N–H and O–H groups in total. The predicted octanol–water partition coefficient (Wildman–Crippen LogP) is 2.20. The minimum absolute atomic E-state index is 0.00521. The van der Waals surface area contributed by atoms with Gasteiger partial charge in [-0.15, -0.1) is 0 Å². The number of piperidine rings is 2. The van der Waals surface area contributed by atoms with E-state index in [0.717, 1.165) is 30.9 Å².